The highest BCUT2D eigenvalue weighted by molar-refractivity contribution is 6.46. The fraction of sp³-hybridized carbons (Fsp3) is 0.250. The second-order valence-electron chi connectivity index (χ2n) is 8.39. The van der Waals surface area contributed by atoms with Gasteiger partial charge in [-0.25, -0.2) is 0 Å². The smallest absolute Gasteiger partial charge is 0.295 e. The minimum Gasteiger partial charge on any atom is -0.507 e. The van der Waals surface area contributed by atoms with Crippen molar-refractivity contribution in [3.8, 4) is 11.5 Å². The van der Waals surface area contributed by atoms with Gasteiger partial charge in [0.25, 0.3) is 11.7 Å². The van der Waals surface area contributed by atoms with E-state index in [1.165, 1.54) is 4.90 Å². The van der Waals surface area contributed by atoms with Crippen LogP contribution >= 0.6 is 0 Å². The van der Waals surface area contributed by atoms with E-state index >= 15 is 0 Å². The van der Waals surface area contributed by atoms with Crippen molar-refractivity contribution < 1.29 is 24.2 Å². The molecule has 1 N–H and O–H groups in total. The topological polar surface area (TPSA) is 89.0 Å². The van der Waals surface area contributed by atoms with E-state index in [-0.39, 0.29) is 17.9 Å². The standard InChI is InChI=1S/C28H28N2O5/c1-4-14-35-23-12-9-21(15-18(23)2)26(31)24-25(20-7-10-22(34-3)11-8-20)30(28(33)27(24)32)17-19-6-5-13-29-16-19/h5-13,15-16,25,31H,4,14,17H2,1-3H3. The largest absolute Gasteiger partial charge is 0.507 e. The Labute approximate surface area is 204 Å². The molecule has 0 spiro atoms. The summed E-state index contributed by atoms with van der Waals surface area (Å²) in [6.45, 7) is 4.67. The number of pyridine rings is 1. The van der Waals surface area contributed by atoms with Gasteiger partial charge >= 0.3 is 0 Å². The van der Waals surface area contributed by atoms with Crippen LogP contribution in [0.5, 0.6) is 11.5 Å². The molecule has 0 saturated carbocycles. The van der Waals surface area contributed by atoms with Crippen LogP contribution in [0.1, 0.15) is 41.6 Å². The van der Waals surface area contributed by atoms with E-state index in [4.69, 9.17) is 9.47 Å². The van der Waals surface area contributed by atoms with Crippen LogP contribution in [-0.4, -0.2) is 40.4 Å². The summed E-state index contributed by atoms with van der Waals surface area (Å²) in [6, 6.07) is 15.2. The molecule has 0 bridgehead atoms. The fourth-order valence-electron chi connectivity index (χ4n) is 4.19. The van der Waals surface area contributed by atoms with Gasteiger partial charge in [-0.2, -0.15) is 0 Å². The first-order chi connectivity index (χ1) is 16.9. The summed E-state index contributed by atoms with van der Waals surface area (Å²) in [5.74, 6) is -0.251. The lowest BCUT2D eigenvalue weighted by atomic mass is 9.94. The first kappa shape index (κ1) is 24.0. The predicted molar refractivity (Wildman–Crippen MR) is 132 cm³/mol. The van der Waals surface area contributed by atoms with Crippen molar-refractivity contribution in [1.82, 2.24) is 9.88 Å². The molecule has 7 nitrogen and oxygen atoms in total. The SMILES string of the molecule is CCCOc1ccc(C(O)=C2C(=O)C(=O)N(Cc3cccnc3)C2c2ccc(OC)cc2)cc1C. The first-order valence-electron chi connectivity index (χ1n) is 11.5. The average Bonchev–Trinajstić information content (AvgIpc) is 3.13. The van der Waals surface area contributed by atoms with Crippen molar-refractivity contribution in [2.45, 2.75) is 32.9 Å². The van der Waals surface area contributed by atoms with Crippen molar-refractivity contribution in [1.29, 1.82) is 0 Å². The Morgan fingerprint density at radius 3 is 2.51 bits per heavy atom. The van der Waals surface area contributed by atoms with Gasteiger partial charge < -0.3 is 19.5 Å². The second kappa shape index (κ2) is 10.4. The lowest BCUT2D eigenvalue weighted by Gasteiger charge is -2.25. The molecule has 3 aromatic rings. The Kier molecular flexibility index (Phi) is 7.15. The molecular formula is C28H28N2O5. The van der Waals surface area contributed by atoms with Crippen LogP contribution in [0.15, 0.2) is 72.6 Å². The van der Waals surface area contributed by atoms with E-state index < -0.39 is 17.7 Å². The van der Waals surface area contributed by atoms with Crippen LogP contribution < -0.4 is 9.47 Å². The number of aliphatic hydroxyl groups is 1. The predicted octanol–water partition coefficient (Wildman–Crippen LogP) is 4.81. The zero-order chi connectivity index (χ0) is 24.9. The zero-order valence-electron chi connectivity index (χ0n) is 20.0. The van der Waals surface area contributed by atoms with E-state index in [0.717, 1.165) is 17.5 Å². The molecule has 0 aliphatic carbocycles. The number of nitrogens with zero attached hydrogens (tertiary/aromatic N) is 2. The minimum atomic E-state index is -0.766. The number of amides is 1. The molecule has 4 rings (SSSR count). The summed E-state index contributed by atoms with van der Waals surface area (Å²) in [5, 5.41) is 11.3. The number of carbonyl (C=O) groups is 2. The number of hydrogen-bond donors (Lipinski definition) is 1. The van der Waals surface area contributed by atoms with Crippen molar-refractivity contribution in [3.05, 3.63) is 94.8 Å². The van der Waals surface area contributed by atoms with Crippen LogP contribution in [0.25, 0.3) is 5.76 Å². The summed E-state index contributed by atoms with van der Waals surface area (Å²) < 4.78 is 11.0. The zero-order valence-corrected chi connectivity index (χ0v) is 20.0. The van der Waals surface area contributed by atoms with Crippen molar-refractivity contribution >= 4 is 17.4 Å². The van der Waals surface area contributed by atoms with Gasteiger partial charge in [0.15, 0.2) is 0 Å². The molecule has 1 unspecified atom stereocenters. The van der Waals surface area contributed by atoms with Gasteiger partial charge in [-0.1, -0.05) is 25.1 Å². The van der Waals surface area contributed by atoms with Crippen LogP contribution in [-0.2, 0) is 16.1 Å². The number of ketones is 1. The summed E-state index contributed by atoms with van der Waals surface area (Å²) in [7, 11) is 1.57. The number of aromatic nitrogens is 1. The first-order valence-corrected chi connectivity index (χ1v) is 11.5. The number of rotatable bonds is 8. The number of likely N-dealkylation sites (tertiary alicyclic amines) is 1. The lowest BCUT2D eigenvalue weighted by molar-refractivity contribution is -0.140. The molecule has 1 amide bonds. The van der Waals surface area contributed by atoms with Gasteiger partial charge in [-0.3, -0.25) is 14.6 Å². The third-order valence-electron chi connectivity index (χ3n) is 5.96. The van der Waals surface area contributed by atoms with Gasteiger partial charge in [0, 0.05) is 24.5 Å². The molecule has 35 heavy (non-hydrogen) atoms. The van der Waals surface area contributed by atoms with E-state index in [2.05, 4.69) is 4.98 Å². The number of benzene rings is 2. The Morgan fingerprint density at radius 1 is 1.11 bits per heavy atom. The number of aryl methyl sites for hydroxylation is 1. The monoisotopic (exact) mass is 472 g/mol. The molecule has 1 aromatic heterocycles. The second-order valence-corrected chi connectivity index (χ2v) is 8.39. The molecule has 0 radical (unpaired) electrons. The summed E-state index contributed by atoms with van der Waals surface area (Å²) in [6.07, 6.45) is 4.18. The Hall–Kier alpha value is -4.13. The molecule has 1 atom stereocenters. The molecule has 1 aliphatic heterocycles. The van der Waals surface area contributed by atoms with Crippen LogP contribution in [0.4, 0.5) is 0 Å². The molecule has 7 heteroatoms. The number of methoxy groups -OCH3 is 1. The average molecular weight is 473 g/mol. The Morgan fingerprint density at radius 2 is 1.89 bits per heavy atom. The van der Waals surface area contributed by atoms with E-state index in [1.54, 1.807) is 68.0 Å². The van der Waals surface area contributed by atoms with Gasteiger partial charge in [0.2, 0.25) is 0 Å². The van der Waals surface area contributed by atoms with Crippen LogP contribution in [0.2, 0.25) is 0 Å². The van der Waals surface area contributed by atoms with E-state index in [9.17, 15) is 14.7 Å². The van der Waals surface area contributed by atoms with Crippen molar-refractivity contribution in [3.63, 3.8) is 0 Å². The fourth-order valence-corrected chi connectivity index (χ4v) is 4.19. The highest BCUT2D eigenvalue weighted by Crippen LogP contribution is 2.41. The van der Waals surface area contributed by atoms with Gasteiger partial charge in [0.05, 0.1) is 25.3 Å². The van der Waals surface area contributed by atoms with E-state index in [0.29, 0.717) is 29.2 Å². The molecule has 2 heterocycles. The Bertz CT molecular complexity index is 1250. The van der Waals surface area contributed by atoms with Crippen molar-refractivity contribution in [2.24, 2.45) is 0 Å². The molecule has 180 valence electrons. The molecule has 1 aliphatic rings. The highest BCUT2D eigenvalue weighted by Gasteiger charge is 2.46. The van der Waals surface area contributed by atoms with Crippen LogP contribution in [0.3, 0.4) is 0 Å². The third kappa shape index (κ3) is 4.89. The molecule has 1 fully saturated rings. The normalized spacial score (nSPS) is 17.0. The summed E-state index contributed by atoms with van der Waals surface area (Å²) >= 11 is 0. The van der Waals surface area contributed by atoms with Gasteiger partial charge in [0.1, 0.15) is 17.3 Å². The Balaban J connectivity index is 1.81. The third-order valence-corrected chi connectivity index (χ3v) is 5.96. The van der Waals surface area contributed by atoms with E-state index in [1.807, 2.05) is 19.9 Å². The maximum atomic E-state index is 13.2. The number of Topliss-reactive ketones (excluding diaryl/α,β-unsaturated/α-hetero) is 1. The van der Waals surface area contributed by atoms with Crippen molar-refractivity contribution in [2.75, 3.05) is 13.7 Å². The minimum absolute atomic E-state index is 0.0469. The summed E-state index contributed by atoms with van der Waals surface area (Å²) in [5.41, 5.74) is 2.79. The highest BCUT2D eigenvalue weighted by atomic mass is 16.5. The summed E-state index contributed by atoms with van der Waals surface area (Å²) in [4.78, 5) is 32.0. The molecule has 2 aromatic carbocycles. The molecule has 1 saturated heterocycles. The maximum Gasteiger partial charge on any atom is 0.295 e. The maximum absolute atomic E-state index is 13.2. The quantitative estimate of drug-likeness (QED) is 0.288. The number of aliphatic hydroxyl groups excluding tert-OH is 1. The number of ether oxygens (including phenoxy) is 2. The number of carbonyl (C=O) groups excluding carboxylic acids is 2. The van der Waals surface area contributed by atoms with Crippen LogP contribution in [0, 0.1) is 6.92 Å². The molecular weight excluding hydrogens is 444 g/mol. The van der Waals surface area contributed by atoms with Gasteiger partial charge in [-0.05, 0) is 66.4 Å². The van der Waals surface area contributed by atoms with Gasteiger partial charge in [-0.15, -0.1) is 0 Å². The lowest BCUT2D eigenvalue weighted by Crippen LogP contribution is -2.29. The number of hydrogen-bond acceptors (Lipinski definition) is 6.